The summed E-state index contributed by atoms with van der Waals surface area (Å²) in [5.41, 5.74) is 8.18. The lowest BCUT2D eigenvalue weighted by Gasteiger charge is -2.23. The molecule has 4 nitrogen and oxygen atoms in total. The maximum Gasteiger partial charge on any atom is 0.264 e. The van der Waals surface area contributed by atoms with Crippen LogP contribution in [0, 0.1) is 6.92 Å². The number of rotatable bonds is 5. The molecule has 0 aliphatic rings. The van der Waals surface area contributed by atoms with E-state index in [4.69, 9.17) is 5.73 Å². The molecule has 2 rings (SSSR count). The van der Waals surface area contributed by atoms with Crippen molar-refractivity contribution < 1.29 is 8.42 Å². The molecule has 0 spiro atoms. The standard InChI is InChI=1S/C16H20N2O2S/c1-3-18(15-7-5-4-6-8-15)21(19,20)16-10-9-13(2)14(11-16)12-17/h4-11H,3,12,17H2,1-2H3. The van der Waals surface area contributed by atoms with Crippen LogP contribution < -0.4 is 10.0 Å². The average Bonchev–Trinajstić information content (AvgIpc) is 2.49. The molecule has 0 fully saturated rings. The maximum atomic E-state index is 12.8. The maximum absolute atomic E-state index is 12.8. The number of nitrogens with zero attached hydrogens (tertiary/aromatic N) is 1. The fourth-order valence-electron chi connectivity index (χ4n) is 2.24. The molecule has 0 aliphatic heterocycles. The molecule has 0 unspecified atom stereocenters. The largest absolute Gasteiger partial charge is 0.326 e. The molecule has 0 radical (unpaired) electrons. The van der Waals surface area contributed by atoms with E-state index in [1.165, 1.54) is 4.31 Å². The lowest BCUT2D eigenvalue weighted by molar-refractivity contribution is 0.591. The second kappa shape index (κ2) is 6.28. The van der Waals surface area contributed by atoms with Crippen LogP contribution in [0.25, 0.3) is 0 Å². The Morgan fingerprint density at radius 3 is 2.33 bits per heavy atom. The Labute approximate surface area is 126 Å². The van der Waals surface area contributed by atoms with Crippen LogP contribution in [-0.4, -0.2) is 15.0 Å². The SMILES string of the molecule is CCN(c1ccccc1)S(=O)(=O)c1ccc(C)c(CN)c1. The monoisotopic (exact) mass is 304 g/mol. The zero-order valence-corrected chi connectivity index (χ0v) is 13.1. The van der Waals surface area contributed by atoms with Crippen LogP contribution in [0.1, 0.15) is 18.1 Å². The van der Waals surface area contributed by atoms with Crippen molar-refractivity contribution >= 4 is 15.7 Å². The van der Waals surface area contributed by atoms with Crippen LogP contribution in [-0.2, 0) is 16.6 Å². The number of benzene rings is 2. The summed E-state index contributed by atoms with van der Waals surface area (Å²) in [4.78, 5) is 0.277. The van der Waals surface area contributed by atoms with Crippen molar-refractivity contribution in [3.05, 3.63) is 59.7 Å². The van der Waals surface area contributed by atoms with E-state index in [1.54, 1.807) is 30.3 Å². The van der Waals surface area contributed by atoms with E-state index >= 15 is 0 Å². The van der Waals surface area contributed by atoms with Gasteiger partial charge >= 0.3 is 0 Å². The fraction of sp³-hybridized carbons (Fsp3) is 0.250. The van der Waals surface area contributed by atoms with Gasteiger partial charge in [-0.3, -0.25) is 4.31 Å². The first-order chi connectivity index (χ1) is 10.0. The molecular weight excluding hydrogens is 284 g/mol. The molecular formula is C16H20N2O2S. The summed E-state index contributed by atoms with van der Waals surface area (Å²) in [6.07, 6.45) is 0. The zero-order chi connectivity index (χ0) is 15.5. The smallest absolute Gasteiger partial charge is 0.264 e. The van der Waals surface area contributed by atoms with Crippen LogP contribution in [0.2, 0.25) is 0 Å². The molecule has 0 saturated carbocycles. The summed E-state index contributed by atoms with van der Waals surface area (Å²) in [6.45, 7) is 4.45. The molecule has 112 valence electrons. The number of hydrogen-bond donors (Lipinski definition) is 1. The highest BCUT2D eigenvalue weighted by molar-refractivity contribution is 7.92. The lowest BCUT2D eigenvalue weighted by Crippen LogP contribution is -2.30. The van der Waals surface area contributed by atoms with Gasteiger partial charge in [0.1, 0.15) is 0 Å². The molecule has 2 aromatic carbocycles. The number of nitrogens with two attached hydrogens (primary N) is 1. The van der Waals surface area contributed by atoms with E-state index in [1.807, 2.05) is 32.0 Å². The summed E-state index contributed by atoms with van der Waals surface area (Å²) in [5, 5.41) is 0. The molecule has 0 saturated heterocycles. The molecule has 0 atom stereocenters. The van der Waals surface area contributed by atoms with E-state index in [9.17, 15) is 8.42 Å². The van der Waals surface area contributed by atoms with Gasteiger partial charge in [0.25, 0.3) is 10.0 Å². The van der Waals surface area contributed by atoms with Gasteiger partial charge < -0.3 is 5.73 Å². The second-order valence-corrected chi connectivity index (χ2v) is 6.66. The third kappa shape index (κ3) is 3.09. The van der Waals surface area contributed by atoms with Crippen LogP contribution in [0.5, 0.6) is 0 Å². The van der Waals surface area contributed by atoms with Crippen molar-refractivity contribution in [2.24, 2.45) is 5.73 Å². The van der Waals surface area contributed by atoms with Gasteiger partial charge in [-0.2, -0.15) is 0 Å². The predicted octanol–water partition coefficient (Wildman–Crippen LogP) is 2.67. The van der Waals surface area contributed by atoms with Crippen molar-refractivity contribution in [3.63, 3.8) is 0 Å². The lowest BCUT2D eigenvalue weighted by atomic mass is 10.1. The minimum Gasteiger partial charge on any atom is -0.326 e. The third-order valence-electron chi connectivity index (χ3n) is 3.46. The van der Waals surface area contributed by atoms with Crippen molar-refractivity contribution in [1.82, 2.24) is 0 Å². The van der Waals surface area contributed by atoms with Crippen molar-refractivity contribution in [2.45, 2.75) is 25.3 Å². The van der Waals surface area contributed by atoms with E-state index in [2.05, 4.69) is 0 Å². The molecule has 0 heterocycles. The Morgan fingerprint density at radius 1 is 1.10 bits per heavy atom. The van der Waals surface area contributed by atoms with E-state index in [-0.39, 0.29) is 4.90 Å². The quantitative estimate of drug-likeness (QED) is 0.923. The second-order valence-electron chi connectivity index (χ2n) is 4.80. The molecule has 0 aliphatic carbocycles. The summed E-state index contributed by atoms with van der Waals surface area (Å²) >= 11 is 0. The summed E-state index contributed by atoms with van der Waals surface area (Å²) in [7, 11) is -3.58. The Kier molecular flexibility index (Phi) is 4.65. The summed E-state index contributed by atoms with van der Waals surface area (Å²) < 4.78 is 27.1. The molecule has 21 heavy (non-hydrogen) atoms. The molecule has 2 aromatic rings. The Bertz CT molecular complexity index is 712. The van der Waals surface area contributed by atoms with E-state index < -0.39 is 10.0 Å². The third-order valence-corrected chi connectivity index (χ3v) is 5.36. The number of hydrogen-bond acceptors (Lipinski definition) is 3. The number of sulfonamides is 1. The Morgan fingerprint density at radius 2 is 1.76 bits per heavy atom. The predicted molar refractivity (Wildman–Crippen MR) is 85.7 cm³/mol. The molecule has 0 amide bonds. The van der Waals surface area contributed by atoms with Crippen molar-refractivity contribution in [2.75, 3.05) is 10.8 Å². The Balaban J connectivity index is 2.50. The summed E-state index contributed by atoms with van der Waals surface area (Å²) in [5.74, 6) is 0. The van der Waals surface area contributed by atoms with E-state index in [0.29, 0.717) is 18.8 Å². The van der Waals surface area contributed by atoms with Gasteiger partial charge in [-0.15, -0.1) is 0 Å². The summed E-state index contributed by atoms with van der Waals surface area (Å²) in [6, 6.07) is 14.2. The van der Waals surface area contributed by atoms with Crippen LogP contribution >= 0.6 is 0 Å². The highest BCUT2D eigenvalue weighted by Crippen LogP contribution is 2.24. The van der Waals surface area contributed by atoms with Crippen LogP contribution in [0.4, 0.5) is 5.69 Å². The topological polar surface area (TPSA) is 63.4 Å². The molecule has 5 heteroatoms. The van der Waals surface area contributed by atoms with Crippen molar-refractivity contribution in [3.8, 4) is 0 Å². The van der Waals surface area contributed by atoms with Gasteiger partial charge in [-0.25, -0.2) is 8.42 Å². The van der Waals surface area contributed by atoms with Crippen LogP contribution in [0.3, 0.4) is 0 Å². The van der Waals surface area contributed by atoms with Gasteiger partial charge in [0.05, 0.1) is 10.6 Å². The van der Waals surface area contributed by atoms with Crippen molar-refractivity contribution in [1.29, 1.82) is 0 Å². The van der Waals surface area contributed by atoms with Crippen LogP contribution in [0.15, 0.2) is 53.4 Å². The minimum atomic E-state index is -3.58. The highest BCUT2D eigenvalue weighted by Gasteiger charge is 2.23. The number of anilines is 1. The minimum absolute atomic E-state index is 0.277. The fourth-order valence-corrected chi connectivity index (χ4v) is 3.77. The number of aryl methyl sites for hydroxylation is 1. The normalized spacial score (nSPS) is 11.4. The first kappa shape index (κ1) is 15.5. The Hall–Kier alpha value is -1.85. The van der Waals surface area contributed by atoms with Gasteiger partial charge in [-0.05, 0) is 49.2 Å². The average molecular weight is 304 g/mol. The van der Waals surface area contributed by atoms with Gasteiger partial charge in [0, 0.05) is 13.1 Å². The zero-order valence-electron chi connectivity index (χ0n) is 12.3. The first-order valence-electron chi connectivity index (χ1n) is 6.88. The van der Waals surface area contributed by atoms with Gasteiger partial charge in [-0.1, -0.05) is 24.3 Å². The first-order valence-corrected chi connectivity index (χ1v) is 8.32. The number of para-hydroxylation sites is 1. The molecule has 0 bridgehead atoms. The van der Waals surface area contributed by atoms with Gasteiger partial charge in [0.15, 0.2) is 0 Å². The molecule has 0 aromatic heterocycles. The highest BCUT2D eigenvalue weighted by atomic mass is 32.2. The van der Waals surface area contributed by atoms with Gasteiger partial charge in [0.2, 0.25) is 0 Å². The van der Waals surface area contributed by atoms with E-state index in [0.717, 1.165) is 11.1 Å². The molecule has 2 N–H and O–H groups in total.